The summed E-state index contributed by atoms with van der Waals surface area (Å²) in [4.78, 5) is 22.3. The van der Waals surface area contributed by atoms with Gasteiger partial charge in [0.2, 0.25) is 0 Å². The summed E-state index contributed by atoms with van der Waals surface area (Å²) in [6, 6.07) is 7.71. The summed E-state index contributed by atoms with van der Waals surface area (Å²) in [5.74, 6) is -0.577. The zero-order valence-electron chi connectivity index (χ0n) is 16.7. The zero-order chi connectivity index (χ0) is 20.4. The molecule has 0 aliphatic heterocycles. The summed E-state index contributed by atoms with van der Waals surface area (Å²) in [7, 11) is 4.67. The lowest BCUT2D eigenvalue weighted by atomic mass is 9.95. The molecule has 0 spiro atoms. The van der Waals surface area contributed by atoms with Crippen molar-refractivity contribution in [2.24, 2.45) is 5.73 Å². The van der Waals surface area contributed by atoms with Gasteiger partial charge in [-0.15, -0.1) is 0 Å². The van der Waals surface area contributed by atoms with Gasteiger partial charge in [0.15, 0.2) is 0 Å². The molecule has 2 atom stereocenters. The SMILES string of the molecule is CNC(C)c1ccc(C(=O)OC)cc1.COC(=O)C1=CCCC(C(C)N)=C1. The van der Waals surface area contributed by atoms with E-state index in [0.717, 1.165) is 24.0 Å². The molecule has 0 aromatic heterocycles. The molecule has 0 amide bonds. The number of carbonyl (C=O) groups is 2. The predicted molar refractivity (Wildman–Crippen MR) is 106 cm³/mol. The third-order valence-corrected chi connectivity index (χ3v) is 4.41. The minimum Gasteiger partial charge on any atom is -0.465 e. The maximum absolute atomic E-state index is 11.2. The second kappa shape index (κ2) is 11.3. The first-order valence-corrected chi connectivity index (χ1v) is 8.94. The van der Waals surface area contributed by atoms with E-state index in [-0.39, 0.29) is 18.0 Å². The standard InChI is InChI=1S/C11H15NO2.C10H15NO2/c1-8(12-2)9-4-6-10(7-5-9)11(13)14-3;1-7(11)8-4-3-5-9(6-8)10(12)13-2/h4-8,12H,1-3H3;5-7H,3-4,11H2,1-2H3. The van der Waals surface area contributed by atoms with Gasteiger partial charge in [-0.1, -0.05) is 23.8 Å². The summed E-state index contributed by atoms with van der Waals surface area (Å²) in [5.41, 5.74) is 9.20. The fraction of sp³-hybridized carbons (Fsp3) is 0.429. The average Bonchev–Trinajstić information content (AvgIpc) is 2.72. The van der Waals surface area contributed by atoms with Crippen LogP contribution in [0.3, 0.4) is 0 Å². The molecule has 6 heteroatoms. The fourth-order valence-electron chi connectivity index (χ4n) is 2.54. The highest BCUT2D eigenvalue weighted by Gasteiger charge is 2.14. The Morgan fingerprint density at radius 3 is 2.15 bits per heavy atom. The van der Waals surface area contributed by atoms with Crippen molar-refractivity contribution in [2.45, 2.75) is 38.8 Å². The molecule has 0 saturated heterocycles. The Balaban J connectivity index is 0.000000271. The Kier molecular flexibility index (Phi) is 9.47. The molecule has 3 N–H and O–H groups in total. The average molecular weight is 374 g/mol. The normalized spacial score (nSPS) is 15.3. The lowest BCUT2D eigenvalue weighted by Crippen LogP contribution is -2.20. The molecular weight excluding hydrogens is 344 g/mol. The van der Waals surface area contributed by atoms with E-state index in [1.54, 1.807) is 12.1 Å². The van der Waals surface area contributed by atoms with E-state index in [1.165, 1.54) is 14.2 Å². The van der Waals surface area contributed by atoms with Crippen LogP contribution in [0.15, 0.2) is 47.6 Å². The minimum absolute atomic E-state index is 0.0216. The molecule has 27 heavy (non-hydrogen) atoms. The van der Waals surface area contributed by atoms with Crippen molar-refractivity contribution in [3.05, 3.63) is 58.7 Å². The number of nitrogens with two attached hydrogens (primary N) is 1. The molecule has 1 aromatic rings. The highest BCUT2D eigenvalue weighted by molar-refractivity contribution is 5.92. The van der Waals surface area contributed by atoms with Gasteiger partial charge in [-0.2, -0.15) is 0 Å². The summed E-state index contributed by atoms with van der Waals surface area (Å²) < 4.78 is 9.23. The first-order valence-electron chi connectivity index (χ1n) is 8.94. The lowest BCUT2D eigenvalue weighted by molar-refractivity contribution is -0.135. The molecule has 1 aliphatic carbocycles. The maximum atomic E-state index is 11.2. The van der Waals surface area contributed by atoms with E-state index in [9.17, 15) is 9.59 Å². The number of carbonyl (C=O) groups excluding carboxylic acids is 2. The van der Waals surface area contributed by atoms with Crippen molar-refractivity contribution in [2.75, 3.05) is 21.3 Å². The van der Waals surface area contributed by atoms with Gasteiger partial charge >= 0.3 is 11.9 Å². The number of benzene rings is 1. The summed E-state index contributed by atoms with van der Waals surface area (Å²) in [5, 5.41) is 3.13. The van der Waals surface area contributed by atoms with Crippen molar-refractivity contribution in [3.63, 3.8) is 0 Å². The Bertz CT molecular complexity index is 691. The molecule has 0 fully saturated rings. The van der Waals surface area contributed by atoms with Gasteiger partial charge in [0.05, 0.1) is 25.4 Å². The minimum atomic E-state index is -0.298. The second-order valence-electron chi connectivity index (χ2n) is 6.32. The predicted octanol–water partition coefficient (Wildman–Crippen LogP) is 2.91. The molecule has 2 unspecified atom stereocenters. The highest BCUT2D eigenvalue weighted by Crippen LogP contribution is 2.19. The van der Waals surface area contributed by atoms with Crippen LogP contribution in [-0.4, -0.2) is 39.2 Å². The Hall–Kier alpha value is -2.44. The molecule has 2 rings (SSSR count). The summed E-state index contributed by atoms with van der Waals surface area (Å²) in [6.45, 7) is 3.99. The largest absolute Gasteiger partial charge is 0.465 e. The van der Waals surface area contributed by atoms with Crippen molar-refractivity contribution < 1.29 is 19.1 Å². The molecule has 1 aromatic carbocycles. The Morgan fingerprint density at radius 1 is 1.07 bits per heavy atom. The highest BCUT2D eigenvalue weighted by atomic mass is 16.5. The van der Waals surface area contributed by atoms with Gasteiger partial charge in [-0.3, -0.25) is 0 Å². The molecule has 0 heterocycles. The first-order chi connectivity index (χ1) is 12.8. The van der Waals surface area contributed by atoms with Crippen molar-refractivity contribution in [3.8, 4) is 0 Å². The van der Waals surface area contributed by atoms with E-state index >= 15 is 0 Å². The second-order valence-corrected chi connectivity index (χ2v) is 6.32. The quantitative estimate of drug-likeness (QED) is 0.770. The van der Waals surface area contributed by atoms with E-state index in [4.69, 9.17) is 5.73 Å². The topological polar surface area (TPSA) is 90.6 Å². The molecule has 6 nitrogen and oxygen atoms in total. The molecular formula is C21H30N2O4. The fourth-order valence-corrected chi connectivity index (χ4v) is 2.54. The molecule has 0 radical (unpaired) electrons. The van der Waals surface area contributed by atoms with Crippen LogP contribution in [0, 0.1) is 0 Å². The van der Waals surface area contributed by atoms with Crippen LogP contribution in [0.2, 0.25) is 0 Å². The van der Waals surface area contributed by atoms with E-state index in [1.807, 2.05) is 38.3 Å². The van der Waals surface area contributed by atoms with Crippen molar-refractivity contribution in [1.29, 1.82) is 0 Å². The monoisotopic (exact) mass is 374 g/mol. The van der Waals surface area contributed by atoms with Crippen LogP contribution in [0.4, 0.5) is 0 Å². The molecule has 148 valence electrons. The molecule has 0 bridgehead atoms. The van der Waals surface area contributed by atoms with Crippen molar-refractivity contribution in [1.82, 2.24) is 5.32 Å². The van der Waals surface area contributed by atoms with Crippen LogP contribution >= 0.6 is 0 Å². The van der Waals surface area contributed by atoms with Crippen LogP contribution in [0.5, 0.6) is 0 Å². The lowest BCUT2D eigenvalue weighted by Gasteiger charge is -2.15. The number of methoxy groups -OCH3 is 2. The van der Waals surface area contributed by atoms with Gasteiger partial charge in [0.1, 0.15) is 0 Å². The van der Waals surface area contributed by atoms with Gasteiger partial charge in [0, 0.05) is 12.1 Å². The number of allylic oxidation sites excluding steroid dienone is 1. The first kappa shape index (κ1) is 22.6. The maximum Gasteiger partial charge on any atom is 0.337 e. The number of nitrogens with one attached hydrogen (secondary N) is 1. The van der Waals surface area contributed by atoms with Gasteiger partial charge in [-0.25, -0.2) is 9.59 Å². The number of ether oxygens (including phenoxy) is 2. The van der Waals surface area contributed by atoms with E-state index in [0.29, 0.717) is 17.2 Å². The van der Waals surface area contributed by atoms with Crippen molar-refractivity contribution >= 4 is 11.9 Å². The summed E-state index contributed by atoms with van der Waals surface area (Å²) >= 11 is 0. The summed E-state index contributed by atoms with van der Waals surface area (Å²) in [6.07, 6.45) is 5.54. The third-order valence-electron chi connectivity index (χ3n) is 4.41. The number of hydrogen-bond acceptors (Lipinski definition) is 6. The number of esters is 2. The Labute approximate surface area is 161 Å². The van der Waals surface area contributed by atoms with Crippen LogP contribution in [0.25, 0.3) is 0 Å². The van der Waals surface area contributed by atoms with Gasteiger partial charge in [0.25, 0.3) is 0 Å². The molecule has 0 saturated carbocycles. The molecule has 1 aliphatic rings. The van der Waals surface area contributed by atoms with Crippen LogP contribution in [0.1, 0.15) is 48.7 Å². The van der Waals surface area contributed by atoms with Gasteiger partial charge in [-0.05, 0) is 57.5 Å². The van der Waals surface area contributed by atoms with Gasteiger partial charge < -0.3 is 20.5 Å². The van der Waals surface area contributed by atoms with E-state index < -0.39 is 0 Å². The smallest absolute Gasteiger partial charge is 0.337 e. The zero-order valence-corrected chi connectivity index (χ0v) is 16.7. The number of rotatable bonds is 5. The van der Waals surface area contributed by atoms with E-state index in [2.05, 4.69) is 21.7 Å². The van der Waals surface area contributed by atoms with Crippen LogP contribution < -0.4 is 11.1 Å². The third kappa shape index (κ3) is 7.00. The van der Waals surface area contributed by atoms with Crippen LogP contribution in [-0.2, 0) is 14.3 Å². The Morgan fingerprint density at radius 2 is 1.67 bits per heavy atom. The number of hydrogen-bond donors (Lipinski definition) is 2.